The molecule has 69 valence electrons. The lowest BCUT2D eigenvalue weighted by Crippen LogP contribution is -1.87. The summed E-state index contributed by atoms with van der Waals surface area (Å²) in [5.41, 5.74) is 0. The first-order valence-corrected chi connectivity index (χ1v) is 4.65. The number of hydrogen-bond acceptors (Lipinski definition) is 1. The van der Waals surface area contributed by atoms with Crippen molar-refractivity contribution in [3.8, 4) is 11.8 Å². The molecule has 0 aliphatic carbocycles. The molecule has 0 heterocycles. The zero-order valence-corrected chi connectivity index (χ0v) is 8.07. The van der Waals surface area contributed by atoms with Crippen LogP contribution in [0.4, 0.5) is 0 Å². The fraction of sp³-hybridized carbons (Fsp3) is 0.727. The van der Waals surface area contributed by atoms with E-state index in [0.717, 1.165) is 13.0 Å². The quantitative estimate of drug-likeness (QED) is 0.418. The normalized spacial score (nSPS) is 9.17. The Kier molecular flexibility index (Phi) is 10.1. The van der Waals surface area contributed by atoms with Crippen molar-refractivity contribution in [2.45, 2.75) is 38.5 Å². The topological polar surface area (TPSA) is 9.23 Å². The Balaban J connectivity index is 2.84. The van der Waals surface area contributed by atoms with Gasteiger partial charge in [-0.1, -0.05) is 19.3 Å². The van der Waals surface area contributed by atoms with E-state index in [1.54, 1.807) is 7.11 Å². The van der Waals surface area contributed by atoms with Gasteiger partial charge >= 0.3 is 0 Å². The van der Waals surface area contributed by atoms with Crippen LogP contribution in [0.25, 0.3) is 0 Å². The molecule has 0 N–H and O–H groups in total. The lowest BCUT2D eigenvalue weighted by molar-refractivity contribution is 0.192. The minimum atomic E-state index is 0.901. The molecule has 12 heavy (non-hydrogen) atoms. The van der Waals surface area contributed by atoms with Gasteiger partial charge in [-0.15, -0.1) is 11.8 Å². The van der Waals surface area contributed by atoms with Gasteiger partial charge < -0.3 is 4.74 Å². The Morgan fingerprint density at radius 2 is 1.75 bits per heavy atom. The molecule has 1 heteroatoms. The number of methoxy groups -OCH3 is 1. The van der Waals surface area contributed by atoms with Crippen LogP contribution in [0, 0.1) is 18.8 Å². The van der Waals surface area contributed by atoms with E-state index in [4.69, 9.17) is 4.74 Å². The highest BCUT2D eigenvalue weighted by molar-refractivity contribution is 5.00. The molecule has 0 aliphatic rings. The Labute approximate surface area is 76.5 Å². The van der Waals surface area contributed by atoms with E-state index in [1.807, 2.05) is 0 Å². The summed E-state index contributed by atoms with van der Waals surface area (Å²) < 4.78 is 4.96. The largest absolute Gasteiger partial charge is 0.385 e. The Morgan fingerprint density at radius 3 is 2.42 bits per heavy atom. The highest BCUT2D eigenvalue weighted by Crippen LogP contribution is 2.04. The molecular weight excluding hydrogens is 148 g/mol. The van der Waals surface area contributed by atoms with Crippen molar-refractivity contribution in [3.63, 3.8) is 0 Å². The lowest BCUT2D eigenvalue weighted by atomic mass is 10.1. The summed E-state index contributed by atoms with van der Waals surface area (Å²) in [6, 6.07) is 0. The molecular formula is C11H19O. The van der Waals surface area contributed by atoms with Crippen molar-refractivity contribution in [1.29, 1.82) is 0 Å². The molecule has 0 rings (SSSR count). The van der Waals surface area contributed by atoms with E-state index in [0.29, 0.717) is 0 Å². The van der Waals surface area contributed by atoms with Crippen LogP contribution in [0.15, 0.2) is 0 Å². The molecule has 0 saturated carbocycles. The minimum Gasteiger partial charge on any atom is -0.385 e. The zero-order chi connectivity index (χ0) is 9.07. The summed E-state index contributed by atoms with van der Waals surface area (Å²) in [6.45, 7) is 4.37. The van der Waals surface area contributed by atoms with E-state index < -0.39 is 0 Å². The first kappa shape index (κ1) is 11.5. The highest BCUT2D eigenvalue weighted by Gasteiger charge is 1.88. The highest BCUT2D eigenvalue weighted by atomic mass is 16.5. The molecule has 0 amide bonds. The molecule has 0 saturated heterocycles. The van der Waals surface area contributed by atoms with Gasteiger partial charge in [0.15, 0.2) is 0 Å². The van der Waals surface area contributed by atoms with Crippen LogP contribution < -0.4 is 0 Å². The average molecular weight is 167 g/mol. The van der Waals surface area contributed by atoms with Gasteiger partial charge in [-0.05, 0) is 12.8 Å². The third-order valence-corrected chi connectivity index (χ3v) is 1.78. The van der Waals surface area contributed by atoms with Gasteiger partial charge in [-0.3, -0.25) is 0 Å². The van der Waals surface area contributed by atoms with Crippen molar-refractivity contribution in [3.05, 3.63) is 6.92 Å². The summed E-state index contributed by atoms with van der Waals surface area (Å²) in [5.74, 6) is 5.62. The van der Waals surface area contributed by atoms with Crippen molar-refractivity contribution in [2.24, 2.45) is 0 Å². The molecule has 0 bridgehead atoms. The lowest BCUT2D eigenvalue weighted by Gasteiger charge is -1.98. The molecule has 0 atom stereocenters. The Morgan fingerprint density at radius 1 is 1.08 bits per heavy atom. The molecule has 0 aromatic heterocycles. The summed E-state index contributed by atoms with van der Waals surface area (Å²) in [4.78, 5) is 0. The second-order valence-corrected chi connectivity index (χ2v) is 2.86. The predicted molar refractivity (Wildman–Crippen MR) is 52.7 cm³/mol. The second kappa shape index (κ2) is 10.5. The van der Waals surface area contributed by atoms with Gasteiger partial charge in [0.1, 0.15) is 0 Å². The third-order valence-electron chi connectivity index (χ3n) is 1.78. The summed E-state index contributed by atoms with van der Waals surface area (Å²) >= 11 is 0. The predicted octanol–water partition coefficient (Wildman–Crippen LogP) is 2.81. The first-order chi connectivity index (χ1) is 5.91. The number of ether oxygens (including phenoxy) is 1. The van der Waals surface area contributed by atoms with Crippen molar-refractivity contribution in [1.82, 2.24) is 0 Å². The smallest absolute Gasteiger partial charge is 0.0462 e. The monoisotopic (exact) mass is 167 g/mol. The summed E-state index contributed by atoms with van der Waals surface area (Å²) in [6.07, 6.45) is 7.30. The molecule has 0 aromatic rings. The second-order valence-electron chi connectivity index (χ2n) is 2.86. The van der Waals surface area contributed by atoms with Crippen LogP contribution in [0.5, 0.6) is 0 Å². The SMILES string of the molecule is [CH2]C#CCCCCCCCOC. The summed E-state index contributed by atoms with van der Waals surface area (Å²) in [7, 11) is 1.75. The van der Waals surface area contributed by atoms with Crippen molar-refractivity contribution >= 4 is 0 Å². The van der Waals surface area contributed by atoms with Gasteiger partial charge in [0.05, 0.1) is 0 Å². The van der Waals surface area contributed by atoms with Crippen LogP contribution in [-0.4, -0.2) is 13.7 Å². The number of hydrogen-bond donors (Lipinski definition) is 0. The van der Waals surface area contributed by atoms with Crippen LogP contribution >= 0.6 is 0 Å². The van der Waals surface area contributed by atoms with Gasteiger partial charge in [0, 0.05) is 27.1 Å². The minimum absolute atomic E-state index is 0.901. The molecule has 1 radical (unpaired) electrons. The Hall–Kier alpha value is -0.480. The van der Waals surface area contributed by atoms with E-state index in [1.165, 1.54) is 32.1 Å². The van der Waals surface area contributed by atoms with Crippen LogP contribution in [0.1, 0.15) is 38.5 Å². The van der Waals surface area contributed by atoms with Gasteiger partial charge in [-0.25, -0.2) is 0 Å². The number of rotatable bonds is 7. The Bertz CT molecular complexity index is 130. The fourth-order valence-electron chi connectivity index (χ4n) is 1.08. The van der Waals surface area contributed by atoms with Crippen LogP contribution in [0.2, 0.25) is 0 Å². The number of unbranched alkanes of at least 4 members (excludes halogenated alkanes) is 5. The molecule has 0 spiro atoms. The maximum atomic E-state index is 4.96. The van der Waals surface area contributed by atoms with Crippen molar-refractivity contribution < 1.29 is 4.74 Å². The fourth-order valence-corrected chi connectivity index (χ4v) is 1.08. The van der Waals surface area contributed by atoms with E-state index in [-0.39, 0.29) is 0 Å². The standard InChI is InChI=1S/C11H19O/c1-3-4-5-6-7-8-9-10-11-12-2/h1,5-11H2,2H3. The van der Waals surface area contributed by atoms with Gasteiger partial charge in [0.2, 0.25) is 0 Å². The van der Waals surface area contributed by atoms with Gasteiger partial charge in [0.25, 0.3) is 0 Å². The van der Waals surface area contributed by atoms with E-state index in [9.17, 15) is 0 Å². The van der Waals surface area contributed by atoms with E-state index in [2.05, 4.69) is 18.8 Å². The molecule has 0 aliphatic heterocycles. The maximum Gasteiger partial charge on any atom is 0.0462 e. The molecule has 0 aromatic carbocycles. The van der Waals surface area contributed by atoms with Crippen LogP contribution in [0.3, 0.4) is 0 Å². The van der Waals surface area contributed by atoms with E-state index >= 15 is 0 Å². The van der Waals surface area contributed by atoms with Gasteiger partial charge in [-0.2, -0.15) is 0 Å². The average Bonchev–Trinajstić information content (AvgIpc) is 2.10. The maximum absolute atomic E-state index is 4.96. The van der Waals surface area contributed by atoms with Crippen LogP contribution in [-0.2, 0) is 4.74 Å². The first-order valence-electron chi connectivity index (χ1n) is 4.65. The third kappa shape index (κ3) is 9.52. The molecule has 0 unspecified atom stereocenters. The zero-order valence-electron chi connectivity index (χ0n) is 8.07. The molecule has 0 fully saturated rings. The molecule has 1 nitrogen and oxygen atoms in total. The summed E-state index contributed by atoms with van der Waals surface area (Å²) in [5, 5.41) is 0. The van der Waals surface area contributed by atoms with Crippen molar-refractivity contribution in [2.75, 3.05) is 13.7 Å².